The van der Waals surface area contributed by atoms with Crippen LogP contribution in [0.1, 0.15) is 24.2 Å². The van der Waals surface area contributed by atoms with Gasteiger partial charge in [-0.05, 0) is 43.5 Å². The van der Waals surface area contributed by atoms with E-state index < -0.39 is 5.82 Å². The SMILES string of the molecule is CC(C)N1CCN(c2ccc(C(=O)n3nc(-c4ccc(F)cn4)nc3N)c3ccccc23)CC1. The van der Waals surface area contributed by atoms with E-state index in [1.54, 1.807) is 0 Å². The maximum Gasteiger partial charge on any atom is 0.282 e. The molecule has 0 spiro atoms. The number of carbonyl (C=O) groups is 1. The minimum absolute atomic E-state index is 0.0518. The zero-order valence-corrected chi connectivity index (χ0v) is 19.1. The van der Waals surface area contributed by atoms with Gasteiger partial charge in [0.05, 0.1) is 6.20 Å². The van der Waals surface area contributed by atoms with Crippen molar-refractivity contribution >= 4 is 28.3 Å². The fourth-order valence-electron chi connectivity index (χ4n) is 4.43. The Bertz CT molecular complexity index is 1340. The number of anilines is 2. The summed E-state index contributed by atoms with van der Waals surface area (Å²) in [5.41, 5.74) is 7.95. The number of fused-ring (bicyclic) bond motifs is 1. The van der Waals surface area contributed by atoms with Gasteiger partial charge in [0, 0.05) is 48.9 Å². The van der Waals surface area contributed by atoms with E-state index in [-0.39, 0.29) is 17.7 Å². The molecule has 4 aromatic rings. The highest BCUT2D eigenvalue weighted by Crippen LogP contribution is 2.31. The molecule has 9 heteroatoms. The lowest BCUT2D eigenvalue weighted by Gasteiger charge is -2.38. The maximum absolute atomic E-state index is 13.5. The summed E-state index contributed by atoms with van der Waals surface area (Å²) in [5.74, 6) is -0.742. The lowest BCUT2D eigenvalue weighted by molar-refractivity contribution is 0.0949. The van der Waals surface area contributed by atoms with Crippen molar-refractivity contribution in [1.29, 1.82) is 0 Å². The molecule has 1 aliphatic rings. The van der Waals surface area contributed by atoms with Crippen molar-refractivity contribution < 1.29 is 9.18 Å². The topological polar surface area (TPSA) is 93.2 Å². The van der Waals surface area contributed by atoms with Gasteiger partial charge in [-0.25, -0.2) is 9.37 Å². The number of carbonyl (C=O) groups excluding carboxylic acids is 1. The molecular weight excluding hydrogens is 433 g/mol. The van der Waals surface area contributed by atoms with Crippen LogP contribution < -0.4 is 10.6 Å². The second-order valence-electron chi connectivity index (χ2n) is 8.67. The molecule has 0 aliphatic carbocycles. The van der Waals surface area contributed by atoms with Crippen molar-refractivity contribution in [3.8, 4) is 11.5 Å². The van der Waals surface area contributed by atoms with Crippen LogP contribution in [-0.2, 0) is 0 Å². The molecule has 0 atom stereocenters. The van der Waals surface area contributed by atoms with Gasteiger partial charge in [0.25, 0.3) is 5.91 Å². The molecule has 174 valence electrons. The van der Waals surface area contributed by atoms with E-state index in [4.69, 9.17) is 5.73 Å². The van der Waals surface area contributed by atoms with Crippen molar-refractivity contribution in [3.05, 3.63) is 66.1 Å². The Morgan fingerprint density at radius 1 is 1.00 bits per heavy atom. The van der Waals surface area contributed by atoms with Crippen molar-refractivity contribution in [2.24, 2.45) is 0 Å². The summed E-state index contributed by atoms with van der Waals surface area (Å²) in [6.07, 6.45) is 1.07. The number of halogens is 1. The molecule has 2 N–H and O–H groups in total. The summed E-state index contributed by atoms with van der Waals surface area (Å²) in [6, 6.07) is 14.9. The molecule has 0 saturated carbocycles. The summed E-state index contributed by atoms with van der Waals surface area (Å²) in [4.78, 5) is 26.4. The molecule has 2 aromatic heterocycles. The maximum atomic E-state index is 13.5. The molecule has 1 saturated heterocycles. The first-order valence-electron chi connectivity index (χ1n) is 11.3. The molecule has 5 rings (SSSR count). The number of hydrogen-bond acceptors (Lipinski definition) is 7. The summed E-state index contributed by atoms with van der Waals surface area (Å²) < 4.78 is 14.3. The molecule has 1 aliphatic heterocycles. The van der Waals surface area contributed by atoms with Gasteiger partial charge in [0.1, 0.15) is 11.5 Å². The molecule has 3 heterocycles. The zero-order chi connectivity index (χ0) is 23.8. The molecule has 34 heavy (non-hydrogen) atoms. The van der Waals surface area contributed by atoms with Gasteiger partial charge in [-0.1, -0.05) is 24.3 Å². The normalized spacial score (nSPS) is 14.8. The Kier molecular flexibility index (Phi) is 5.70. The van der Waals surface area contributed by atoms with Crippen LogP contribution in [0.15, 0.2) is 54.7 Å². The van der Waals surface area contributed by atoms with E-state index in [1.165, 1.54) is 12.1 Å². The monoisotopic (exact) mass is 459 g/mol. The lowest BCUT2D eigenvalue weighted by atomic mass is 10.0. The third-order valence-corrected chi connectivity index (χ3v) is 6.30. The summed E-state index contributed by atoms with van der Waals surface area (Å²) in [6.45, 7) is 8.31. The van der Waals surface area contributed by atoms with Crippen LogP contribution >= 0.6 is 0 Å². The average Bonchev–Trinajstić information content (AvgIpc) is 3.25. The van der Waals surface area contributed by atoms with Gasteiger partial charge >= 0.3 is 0 Å². The van der Waals surface area contributed by atoms with E-state index >= 15 is 0 Å². The van der Waals surface area contributed by atoms with E-state index in [2.05, 4.69) is 38.7 Å². The largest absolute Gasteiger partial charge is 0.368 e. The molecule has 0 radical (unpaired) electrons. The molecule has 0 unspecified atom stereocenters. The van der Waals surface area contributed by atoms with Crippen molar-refractivity contribution in [3.63, 3.8) is 0 Å². The van der Waals surface area contributed by atoms with Crippen LogP contribution in [0.25, 0.3) is 22.3 Å². The first kappa shape index (κ1) is 22.0. The Morgan fingerprint density at radius 2 is 1.74 bits per heavy atom. The van der Waals surface area contributed by atoms with Crippen molar-refractivity contribution in [1.82, 2.24) is 24.6 Å². The van der Waals surface area contributed by atoms with Gasteiger partial charge < -0.3 is 10.6 Å². The van der Waals surface area contributed by atoms with Crippen LogP contribution in [-0.4, -0.2) is 62.8 Å². The van der Waals surface area contributed by atoms with E-state index in [9.17, 15) is 9.18 Å². The fourth-order valence-corrected chi connectivity index (χ4v) is 4.43. The fraction of sp³-hybridized carbons (Fsp3) is 0.280. The second kappa shape index (κ2) is 8.83. The third kappa shape index (κ3) is 3.99. The van der Waals surface area contributed by atoms with Crippen LogP contribution in [0.4, 0.5) is 16.0 Å². The number of nitrogen functional groups attached to an aromatic ring is 1. The molecule has 0 bridgehead atoms. The zero-order valence-electron chi connectivity index (χ0n) is 19.1. The van der Waals surface area contributed by atoms with E-state index in [0.717, 1.165) is 53.5 Å². The van der Waals surface area contributed by atoms with Gasteiger partial charge in [-0.15, -0.1) is 5.10 Å². The Hall–Kier alpha value is -3.85. The minimum atomic E-state index is -0.468. The third-order valence-electron chi connectivity index (χ3n) is 6.30. The standard InChI is InChI=1S/C25H26FN7O/c1-16(2)31-11-13-32(14-12-31)22-10-8-20(18-5-3-4-6-19(18)22)24(34)33-25(27)29-23(30-33)21-9-7-17(26)15-28-21/h3-10,15-16H,11-14H2,1-2H3,(H2,27,29,30). The van der Waals surface area contributed by atoms with Crippen LogP contribution in [0.3, 0.4) is 0 Å². The number of aromatic nitrogens is 4. The smallest absolute Gasteiger partial charge is 0.282 e. The molecule has 8 nitrogen and oxygen atoms in total. The van der Waals surface area contributed by atoms with Gasteiger partial charge in [-0.3, -0.25) is 9.69 Å². The van der Waals surface area contributed by atoms with E-state index in [0.29, 0.717) is 17.3 Å². The molecule has 1 fully saturated rings. The van der Waals surface area contributed by atoms with Gasteiger partial charge in [0.2, 0.25) is 11.8 Å². The van der Waals surface area contributed by atoms with Gasteiger partial charge in [-0.2, -0.15) is 9.67 Å². The predicted octanol–water partition coefficient (Wildman–Crippen LogP) is 3.43. The quantitative estimate of drug-likeness (QED) is 0.500. The predicted molar refractivity (Wildman–Crippen MR) is 130 cm³/mol. The number of benzene rings is 2. The Labute approximate surface area is 196 Å². The molecule has 0 amide bonds. The van der Waals surface area contributed by atoms with Gasteiger partial charge in [0.15, 0.2) is 0 Å². The number of nitrogens with two attached hydrogens (primary N) is 1. The van der Waals surface area contributed by atoms with E-state index in [1.807, 2.05) is 36.4 Å². The van der Waals surface area contributed by atoms with Crippen LogP contribution in [0.5, 0.6) is 0 Å². The second-order valence-corrected chi connectivity index (χ2v) is 8.67. The average molecular weight is 460 g/mol. The molecular formula is C25H26FN7O. The van der Waals surface area contributed by atoms with Crippen LogP contribution in [0, 0.1) is 5.82 Å². The summed E-state index contributed by atoms with van der Waals surface area (Å²) in [5, 5.41) is 6.09. The first-order chi connectivity index (χ1) is 16.4. The summed E-state index contributed by atoms with van der Waals surface area (Å²) >= 11 is 0. The Balaban J connectivity index is 1.49. The highest BCUT2D eigenvalue weighted by atomic mass is 19.1. The molecule has 2 aromatic carbocycles. The first-order valence-corrected chi connectivity index (χ1v) is 11.3. The number of pyridine rings is 1. The number of piperazine rings is 1. The highest BCUT2D eigenvalue weighted by Gasteiger charge is 2.23. The van der Waals surface area contributed by atoms with Crippen molar-refractivity contribution in [2.45, 2.75) is 19.9 Å². The lowest BCUT2D eigenvalue weighted by Crippen LogP contribution is -2.49. The summed E-state index contributed by atoms with van der Waals surface area (Å²) in [7, 11) is 0. The minimum Gasteiger partial charge on any atom is -0.368 e. The number of nitrogens with zero attached hydrogens (tertiary/aromatic N) is 6. The highest BCUT2D eigenvalue weighted by molar-refractivity contribution is 6.11. The van der Waals surface area contributed by atoms with Crippen molar-refractivity contribution in [2.75, 3.05) is 36.8 Å². The Morgan fingerprint density at radius 3 is 2.41 bits per heavy atom. The number of rotatable bonds is 4. The number of hydrogen-bond donors (Lipinski definition) is 1. The van der Waals surface area contributed by atoms with Crippen LogP contribution in [0.2, 0.25) is 0 Å².